The summed E-state index contributed by atoms with van der Waals surface area (Å²) in [6.45, 7) is 3.15. The molecule has 0 bridgehead atoms. The molecule has 0 aliphatic heterocycles. The lowest BCUT2D eigenvalue weighted by Crippen LogP contribution is -2.46. The Labute approximate surface area is 234 Å². The number of ether oxygens (including phenoxy) is 2. The topological polar surface area (TPSA) is 38.8 Å². The van der Waals surface area contributed by atoms with Crippen molar-refractivity contribution < 1.29 is 14.3 Å². The third-order valence-electron chi connectivity index (χ3n) is 7.95. The van der Waals surface area contributed by atoms with E-state index in [1.54, 1.807) is 7.11 Å². The standard InChI is InChI=1S/C32H55NO3.ClH/c1-5-6-7-8-9-10-11-12-13-14-15-17-20-31(34)36-32(25-18-16-19-26-32)30(27-33(2)3)28-21-23-29(35-4)24-22-28;/h21-24,30H,5-20,25-27H2,1-4H3;1H. The molecule has 0 saturated heterocycles. The van der Waals surface area contributed by atoms with Crippen LogP contribution in [0.2, 0.25) is 0 Å². The molecule has 1 unspecified atom stereocenters. The maximum absolute atomic E-state index is 13.1. The number of nitrogens with zero attached hydrogens (tertiary/aromatic N) is 1. The first kappa shape index (κ1) is 33.8. The SMILES string of the molecule is CCCCCCCCCCCCCCC(=O)OC1(C(CN(C)C)c2ccc(OC)cc2)CCCCC1.Cl. The van der Waals surface area contributed by atoms with Crippen LogP contribution in [-0.4, -0.2) is 44.2 Å². The zero-order valence-electron chi connectivity index (χ0n) is 24.4. The lowest BCUT2D eigenvalue weighted by Gasteiger charge is -2.44. The molecule has 0 aromatic heterocycles. The van der Waals surface area contributed by atoms with E-state index < -0.39 is 5.60 Å². The van der Waals surface area contributed by atoms with Gasteiger partial charge in [0.25, 0.3) is 0 Å². The summed E-state index contributed by atoms with van der Waals surface area (Å²) in [4.78, 5) is 15.3. The first-order valence-electron chi connectivity index (χ1n) is 15.0. The highest BCUT2D eigenvalue weighted by atomic mass is 35.5. The number of esters is 1. The molecular formula is C32H56ClNO3. The van der Waals surface area contributed by atoms with Gasteiger partial charge in [-0.1, -0.05) is 96.1 Å². The van der Waals surface area contributed by atoms with Crippen LogP contribution in [0.3, 0.4) is 0 Å². The molecule has 4 nitrogen and oxygen atoms in total. The summed E-state index contributed by atoms with van der Waals surface area (Å²) in [7, 11) is 5.93. The van der Waals surface area contributed by atoms with E-state index in [0.717, 1.165) is 50.8 Å². The number of methoxy groups -OCH3 is 1. The summed E-state index contributed by atoms with van der Waals surface area (Å²) in [5.41, 5.74) is 0.843. The Morgan fingerprint density at radius 3 is 1.84 bits per heavy atom. The van der Waals surface area contributed by atoms with Crippen LogP contribution in [0.5, 0.6) is 5.75 Å². The van der Waals surface area contributed by atoms with Crippen LogP contribution in [0.15, 0.2) is 24.3 Å². The third kappa shape index (κ3) is 12.9. The van der Waals surface area contributed by atoms with Crippen molar-refractivity contribution in [2.45, 2.75) is 134 Å². The van der Waals surface area contributed by atoms with E-state index in [-0.39, 0.29) is 24.3 Å². The smallest absolute Gasteiger partial charge is 0.306 e. The minimum atomic E-state index is -0.397. The Balaban J connectivity index is 0.00000684. The zero-order chi connectivity index (χ0) is 26.1. The summed E-state index contributed by atoms with van der Waals surface area (Å²) in [6, 6.07) is 8.37. The fraction of sp³-hybridized carbons (Fsp3) is 0.781. The van der Waals surface area contributed by atoms with Gasteiger partial charge in [0.1, 0.15) is 11.4 Å². The Hall–Kier alpha value is -1.26. The van der Waals surface area contributed by atoms with Crippen molar-refractivity contribution in [3.8, 4) is 5.75 Å². The first-order valence-corrected chi connectivity index (χ1v) is 15.0. The average molecular weight is 538 g/mol. The number of hydrogen-bond donors (Lipinski definition) is 0. The predicted molar refractivity (Wildman–Crippen MR) is 159 cm³/mol. The molecule has 1 aromatic carbocycles. The lowest BCUT2D eigenvalue weighted by atomic mass is 9.72. The molecule has 1 aliphatic carbocycles. The van der Waals surface area contributed by atoms with Crippen LogP contribution in [0.25, 0.3) is 0 Å². The number of hydrogen-bond acceptors (Lipinski definition) is 4. The van der Waals surface area contributed by atoms with Crippen molar-refractivity contribution in [3.05, 3.63) is 29.8 Å². The molecule has 1 fully saturated rings. The highest BCUT2D eigenvalue weighted by Gasteiger charge is 2.44. The van der Waals surface area contributed by atoms with Crippen molar-refractivity contribution in [2.24, 2.45) is 0 Å². The predicted octanol–water partition coefficient (Wildman–Crippen LogP) is 9.10. The Morgan fingerprint density at radius 2 is 1.35 bits per heavy atom. The van der Waals surface area contributed by atoms with Crippen molar-refractivity contribution in [3.63, 3.8) is 0 Å². The Bertz CT molecular complexity index is 700. The van der Waals surface area contributed by atoms with Crippen LogP contribution >= 0.6 is 12.4 Å². The molecule has 1 aliphatic rings. The number of unbranched alkanes of at least 4 members (excludes halogenated alkanes) is 11. The number of carbonyl (C=O) groups excluding carboxylic acids is 1. The lowest BCUT2D eigenvalue weighted by molar-refractivity contribution is -0.167. The van der Waals surface area contributed by atoms with Gasteiger partial charge in [-0.15, -0.1) is 12.4 Å². The molecular weight excluding hydrogens is 482 g/mol. The van der Waals surface area contributed by atoms with Crippen LogP contribution in [0.4, 0.5) is 0 Å². The molecule has 0 N–H and O–H groups in total. The largest absolute Gasteiger partial charge is 0.497 e. The Morgan fingerprint density at radius 1 is 0.838 bits per heavy atom. The van der Waals surface area contributed by atoms with Gasteiger partial charge in [0, 0.05) is 18.9 Å². The number of halogens is 1. The van der Waals surface area contributed by atoms with Crippen LogP contribution in [0.1, 0.15) is 134 Å². The average Bonchev–Trinajstić information content (AvgIpc) is 2.88. The summed E-state index contributed by atoms with van der Waals surface area (Å²) < 4.78 is 11.8. The van der Waals surface area contributed by atoms with Crippen molar-refractivity contribution in [1.82, 2.24) is 4.90 Å². The molecule has 1 aromatic rings. The number of likely N-dealkylation sites (N-methyl/N-ethyl adjacent to an activating group) is 1. The molecule has 214 valence electrons. The number of carbonyl (C=O) groups is 1. The quantitative estimate of drug-likeness (QED) is 0.130. The minimum absolute atomic E-state index is 0. The number of rotatable bonds is 19. The van der Waals surface area contributed by atoms with Crippen LogP contribution in [-0.2, 0) is 9.53 Å². The second-order valence-corrected chi connectivity index (χ2v) is 11.3. The van der Waals surface area contributed by atoms with Gasteiger partial charge in [0.15, 0.2) is 0 Å². The van der Waals surface area contributed by atoms with E-state index in [1.165, 1.54) is 76.2 Å². The van der Waals surface area contributed by atoms with Crippen LogP contribution < -0.4 is 4.74 Å². The summed E-state index contributed by atoms with van der Waals surface area (Å²) in [5.74, 6) is 1.04. The van der Waals surface area contributed by atoms with Gasteiger partial charge in [-0.2, -0.15) is 0 Å². The van der Waals surface area contributed by atoms with Gasteiger partial charge < -0.3 is 14.4 Å². The molecule has 1 saturated carbocycles. The van der Waals surface area contributed by atoms with Gasteiger partial charge in [-0.3, -0.25) is 4.79 Å². The Kier molecular flexibility index (Phi) is 18.0. The molecule has 5 heteroatoms. The van der Waals surface area contributed by atoms with Gasteiger partial charge in [-0.05, 0) is 63.9 Å². The fourth-order valence-electron chi connectivity index (χ4n) is 5.84. The van der Waals surface area contributed by atoms with Gasteiger partial charge >= 0.3 is 5.97 Å². The van der Waals surface area contributed by atoms with Crippen molar-refractivity contribution in [2.75, 3.05) is 27.7 Å². The molecule has 2 rings (SSSR count). The fourth-order valence-corrected chi connectivity index (χ4v) is 5.84. The summed E-state index contributed by atoms with van der Waals surface area (Å²) in [5, 5.41) is 0. The molecule has 1 atom stereocenters. The highest BCUT2D eigenvalue weighted by Crippen LogP contribution is 2.44. The maximum Gasteiger partial charge on any atom is 0.306 e. The molecule has 37 heavy (non-hydrogen) atoms. The number of benzene rings is 1. The molecule has 0 amide bonds. The van der Waals surface area contributed by atoms with E-state index in [4.69, 9.17) is 9.47 Å². The van der Waals surface area contributed by atoms with E-state index in [9.17, 15) is 4.79 Å². The summed E-state index contributed by atoms with van der Waals surface area (Å²) >= 11 is 0. The van der Waals surface area contributed by atoms with Gasteiger partial charge in [-0.25, -0.2) is 0 Å². The van der Waals surface area contributed by atoms with E-state index >= 15 is 0 Å². The first-order chi connectivity index (χ1) is 17.5. The summed E-state index contributed by atoms with van der Waals surface area (Å²) in [6.07, 6.45) is 21.6. The van der Waals surface area contributed by atoms with Gasteiger partial charge in [0.2, 0.25) is 0 Å². The van der Waals surface area contributed by atoms with E-state index in [0.29, 0.717) is 6.42 Å². The monoisotopic (exact) mass is 537 g/mol. The second kappa shape index (κ2) is 19.8. The van der Waals surface area contributed by atoms with Crippen molar-refractivity contribution >= 4 is 18.4 Å². The van der Waals surface area contributed by atoms with Gasteiger partial charge in [0.05, 0.1) is 7.11 Å². The van der Waals surface area contributed by atoms with Crippen molar-refractivity contribution in [1.29, 1.82) is 0 Å². The second-order valence-electron chi connectivity index (χ2n) is 11.3. The van der Waals surface area contributed by atoms with E-state index in [2.05, 4.69) is 38.1 Å². The highest BCUT2D eigenvalue weighted by molar-refractivity contribution is 5.85. The zero-order valence-corrected chi connectivity index (χ0v) is 25.2. The molecule has 0 radical (unpaired) electrons. The normalized spacial score (nSPS) is 15.7. The maximum atomic E-state index is 13.1. The van der Waals surface area contributed by atoms with E-state index in [1.807, 2.05) is 12.1 Å². The van der Waals surface area contributed by atoms with Crippen LogP contribution in [0, 0.1) is 0 Å². The third-order valence-corrected chi connectivity index (χ3v) is 7.95. The minimum Gasteiger partial charge on any atom is -0.497 e. The molecule has 0 spiro atoms. The molecule has 0 heterocycles.